The number of ether oxygens (including phenoxy) is 1. The largest absolute Gasteiger partial charge is 0.497 e. The van der Waals surface area contributed by atoms with E-state index >= 15 is 0 Å². The molecule has 3 rings (SSSR count). The summed E-state index contributed by atoms with van der Waals surface area (Å²) in [4.78, 5) is 24.3. The van der Waals surface area contributed by atoms with Crippen molar-refractivity contribution < 1.29 is 14.3 Å². The quantitative estimate of drug-likeness (QED) is 0.616. The number of rotatable bonds is 7. The summed E-state index contributed by atoms with van der Waals surface area (Å²) in [5.74, 6) is 0.354. The van der Waals surface area contributed by atoms with Crippen LogP contribution in [0.1, 0.15) is 15.9 Å². The molecule has 27 heavy (non-hydrogen) atoms. The minimum absolute atomic E-state index is 0.137. The summed E-state index contributed by atoms with van der Waals surface area (Å²) in [5, 5.41) is 5.10. The summed E-state index contributed by atoms with van der Waals surface area (Å²) in [6.45, 7) is 0.412. The van der Waals surface area contributed by atoms with Gasteiger partial charge in [-0.25, -0.2) is 0 Å². The lowest BCUT2D eigenvalue weighted by atomic mass is 10.1. The molecule has 5 nitrogen and oxygen atoms in total. The maximum atomic E-state index is 12.6. The number of methoxy groups -OCH3 is 1. The van der Waals surface area contributed by atoms with E-state index in [1.165, 1.54) is 11.8 Å². The number of fused-ring (bicyclic) bond motifs is 1. The van der Waals surface area contributed by atoms with E-state index in [4.69, 9.17) is 10.5 Å². The molecule has 0 heterocycles. The summed E-state index contributed by atoms with van der Waals surface area (Å²) >= 11 is 1.26. The van der Waals surface area contributed by atoms with Crippen molar-refractivity contribution >= 4 is 34.3 Å². The van der Waals surface area contributed by atoms with Crippen LogP contribution in [0.4, 0.5) is 0 Å². The van der Waals surface area contributed by atoms with Crippen LogP contribution in [-0.2, 0) is 11.3 Å². The van der Waals surface area contributed by atoms with Crippen molar-refractivity contribution in [3.8, 4) is 5.75 Å². The molecule has 0 radical (unpaired) electrons. The predicted octanol–water partition coefficient (Wildman–Crippen LogP) is 3.36. The van der Waals surface area contributed by atoms with Crippen LogP contribution in [-0.4, -0.2) is 24.7 Å². The minimum Gasteiger partial charge on any atom is -0.497 e. The van der Waals surface area contributed by atoms with Gasteiger partial charge in [0.15, 0.2) is 0 Å². The highest BCUT2D eigenvalue weighted by atomic mass is 32.2. The van der Waals surface area contributed by atoms with Crippen LogP contribution in [0.3, 0.4) is 0 Å². The molecule has 3 aromatic carbocycles. The van der Waals surface area contributed by atoms with Crippen LogP contribution in [0.25, 0.3) is 10.8 Å². The molecule has 0 spiro atoms. The van der Waals surface area contributed by atoms with Crippen molar-refractivity contribution in [2.45, 2.75) is 11.4 Å². The van der Waals surface area contributed by atoms with Crippen molar-refractivity contribution in [1.82, 2.24) is 5.32 Å². The van der Waals surface area contributed by atoms with Gasteiger partial charge in [0.1, 0.15) is 5.75 Å². The minimum atomic E-state index is -0.414. The molecular weight excluding hydrogens is 360 g/mol. The Balaban J connectivity index is 1.70. The van der Waals surface area contributed by atoms with E-state index in [1.54, 1.807) is 19.2 Å². The van der Waals surface area contributed by atoms with Crippen LogP contribution in [0, 0.1) is 0 Å². The van der Waals surface area contributed by atoms with Gasteiger partial charge in [0.05, 0.1) is 18.4 Å². The first kappa shape index (κ1) is 18.8. The van der Waals surface area contributed by atoms with E-state index in [2.05, 4.69) is 5.32 Å². The summed E-state index contributed by atoms with van der Waals surface area (Å²) < 4.78 is 5.24. The number of carbonyl (C=O) groups is 2. The number of benzene rings is 3. The van der Waals surface area contributed by atoms with Crippen molar-refractivity contribution in [3.63, 3.8) is 0 Å². The van der Waals surface area contributed by atoms with Gasteiger partial charge in [0.2, 0.25) is 5.91 Å². The van der Waals surface area contributed by atoms with Gasteiger partial charge in [-0.1, -0.05) is 30.3 Å². The smallest absolute Gasteiger partial charge is 0.252 e. The van der Waals surface area contributed by atoms with Gasteiger partial charge < -0.3 is 15.8 Å². The Bertz CT molecular complexity index is 988. The summed E-state index contributed by atoms with van der Waals surface area (Å²) in [5.41, 5.74) is 6.74. The molecule has 0 fully saturated rings. The topological polar surface area (TPSA) is 81.4 Å². The normalized spacial score (nSPS) is 10.6. The third kappa shape index (κ3) is 4.80. The highest BCUT2D eigenvalue weighted by molar-refractivity contribution is 8.00. The fourth-order valence-corrected chi connectivity index (χ4v) is 3.51. The molecule has 0 aliphatic carbocycles. The molecule has 3 N–H and O–H groups in total. The maximum absolute atomic E-state index is 12.6. The van der Waals surface area contributed by atoms with E-state index in [1.807, 2.05) is 48.5 Å². The summed E-state index contributed by atoms with van der Waals surface area (Å²) in [6, 6.07) is 19.1. The zero-order valence-corrected chi connectivity index (χ0v) is 15.7. The molecule has 0 saturated carbocycles. The maximum Gasteiger partial charge on any atom is 0.252 e. The van der Waals surface area contributed by atoms with Gasteiger partial charge in [0, 0.05) is 11.4 Å². The Morgan fingerprint density at radius 3 is 2.56 bits per heavy atom. The molecule has 0 aliphatic rings. The fourth-order valence-electron chi connectivity index (χ4n) is 2.72. The summed E-state index contributed by atoms with van der Waals surface area (Å²) in [7, 11) is 1.64. The molecule has 3 aromatic rings. The summed E-state index contributed by atoms with van der Waals surface area (Å²) in [6.07, 6.45) is 0. The molecular formula is C21H20N2O3S. The second-order valence-corrected chi connectivity index (χ2v) is 7.00. The number of nitrogens with one attached hydrogen (secondary N) is 1. The molecule has 138 valence electrons. The Morgan fingerprint density at radius 1 is 1.04 bits per heavy atom. The number of carbonyl (C=O) groups excluding carboxylic acids is 2. The zero-order valence-electron chi connectivity index (χ0n) is 14.9. The molecule has 0 unspecified atom stereocenters. The van der Waals surface area contributed by atoms with Gasteiger partial charge in [-0.3, -0.25) is 9.59 Å². The first-order valence-corrected chi connectivity index (χ1v) is 9.40. The van der Waals surface area contributed by atoms with Gasteiger partial charge in [-0.05, 0) is 46.7 Å². The van der Waals surface area contributed by atoms with Gasteiger partial charge >= 0.3 is 0 Å². The van der Waals surface area contributed by atoms with Crippen LogP contribution in [0.5, 0.6) is 5.75 Å². The number of amides is 2. The number of primary amides is 1. The fraction of sp³-hybridized carbons (Fsp3) is 0.143. The van der Waals surface area contributed by atoms with Gasteiger partial charge in [-0.15, -0.1) is 11.8 Å². The average molecular weight is 380 g/mol. The lowest BCUT2D eigenvalue weighted by Crippen LogP contribution is -2.23. The number of nitrogens with two attached hydrogens (primary N) is 1. The van der Waals surface area contributed by atoms with Crippen LogP contribution < -0.4 is 15.8 Å². The lowest BCUT2D eigenvalue weighted by Gasteiger charge is -2.10. The molecule has 2 amide bonds. The van der Waals surface area contributed by atoms with Crippen LogP contribution in [0.15, 0.2) is 65.6 Å². The highest BCUT2D eigenvalue weighted by Gasteiger charge is 2.12. The van der Waals surface area contributed by atoms with Gasteiger partial charge in [-0.2, -0.15) is 0 Å². The Kier molecular flexibility index (Phi) is 5.98. The first-order chi connectivity index (χ1) is 13.1. The Hall–Kier alpha value is -2.99. The third-order valence-corrected chi connectivity index (χ3v) is 5.16. The van der Waals surface area contributed by atoms with E-state index < -0.39 is 5.91 Å². The molecule has 0 saturated heterocycles. The van der Waals surface area contributed by atoms with Gasteiger partial charge in [0.25, 0.3) is 5.91 Å². The van der Waals surface area contributed by atoms with Crippen molar-refractivity contribution in [3.05, 3.63) is 71.8 Å². The second kappa shape index (κ2) is 8.60. The monoisotopic (exact) mass is 380 g/mol. The van der Waals surface area contributed by atoms with Crippen LogP contribution >= 0.6 is 11.8 Å². The molecule has 0 aliphatic heterocycles. The second-order valence-electron chi connectivity index (χ2n) is 5.98. The van der Waals surface area contributed by atoms with E-state index in [9.17, 15) is 9.59 Å². The first-order valence-electron chi connectivity index (χ1n) is 8.42. The van der Waals surface area contributed by atoms with Crippen LogP contribution in [0.2, 0.25) is 0 Å². The Morgan fingerprint density at radius 2 is 1.78 bits per heavy atom. The number of hydrogen-bond acceptors (Lipinski definition) is 4. The lowest BCUT2D eigenvalue weighted by molar-refractivity contribution is -0.115. The molecule has 6 heteroatoms. The third-order valence-electron chi connectivity index (χ3n) is 4.07. The molecule has 0 atom stereocenters. The molecule has 0 bridgehead atoms. The van der Waals surface area contributed by atoms with Crippen molar-refractivity contribution in [1.29, 1.82) is 0 Å². The number of thioether (sulfide) groups is 1. The number of hydrogen-bond donors (Lipinski definition) is 2. The molecule has 0 aromatic heterocycles. The highest BCUT2D eigenvalue weighted by Crippen LogP contribution is 2.23. The van der Waals surface area contributed by atoms with E-state index in [-0.39, 0.29) is 11.7 Å². The standard InChI is InChI=1S/C21H20N2O3S/c1-26-17-9-8-15-10-14(6-7-16(15)11-17)12-23-21(25)18-4-2-3-5-19(18)27-13-20(22)24/h2-11H,12-13H2,1H3,(H2,22,24)(H,23,25). The predicted molar refractivity (Wildman–Crippen MR) is 108 cm³/mol. The van der Waals surface area contributed by atoms with E-state index in [0.717, 1.165) is 27.0 Å². The van der Waals surface area contributed by atoms with E-state index in [0.29, 0.717) is 12.1 Å². The Labute approximate surface area is 161 Å². The zero-order chi connectivity index (χ0) is 19.2. The van der Waals surface area contributed by atoms with Crippen molar-refractivity contribution in [2.75, 3.05) is 12.9 Å². The average Bonchev–Trinajstić information content (AvgIpc) is 2.70. The SMILES string of the molecule is COc1ccc2cc(CNC(=O)c3ccccc3SCC(N)=O)ccc2c1. The van der Waals surface area contributed by atoms with Crippen molar-refractivity contribution in [2.24, 2.45) is 5.73 Å².